The van der Waals surface area contributed by atoms with E-state index in [2.05, 4.69) is 16.3 Å². The molecule has 1 fully saturated rings. The lowest BCUT2D eigenvalue weighted by atomic mass is 10.2. The Kier molecular flexibility index (Phi) is 5.89. The zero-order chi connectivity index (χ0) is 17.6. The topological polar surface area (TPSA) is 79.1 Å². The normalized spacial score (nSPS) is 13.3. The third-order valence-corrected chi connectivity index (χ3v) is 5.67. The number of nitriles is 1. The van der Waals surface area contributed by atoms with Crippen molar-refractivity contribution in [2.75, 3.05) is 17.3 Å². The average Bonchev–Trinajstić information content (AvgIpc) is 3.37. The highest BCUT2D eigenvalue weighted by molar-refractivity contribution is 8.01. The van der Waals surface area contributed by atoms with Gasteiger partial charge in [-0.15, -0.1) is 10.2 Å². The number of hydrogen-bond donors (Lipinski definition) is 0. The van der Waals surface area contributed by atoms with Gasteiger partial charge in [0.15, 0.2) is 4.34 Å². The van der Waals surface area contributed by atoms with Crippen molar-refractivity contribution in [2.24, 2.45) is 0 Å². The molecule has 3 rings (SSSR count). The van der Waals surface area contributed by atoms with Crippen LogP contribution in [0.5, 0.6) is 5.75 Å². The van der Waals surface area contributed by atoms with Gasteiger partial charge in [-0.3, -0.25) is 9.69 Å². The molecule has 1 heterocycles. The monoisotopic (exact) mass is 374 g/mol. The number of aromatic nitrogens is 2. The molecule has 0 N–H and O–H groups in total. The van der Waals surface area contributed by atoms with Crippen LogP contribution in [0, 0.1) is 11.3 Å². The third kappa shape index (κ3) is 4.71. The van der Waals surface area contributed by atoms with E-state index < -0.39 is 0 Å². The number of carbonyl (C=O) groups excluding carboxylic acids is 1. The summed E-state index contributed by atoms with van der Waals surface area (Å²) in [6, 6.07) is 9.42. The number of benzene rings is 1. The van der Waals surface area contributed by atoms with E-state index in [1.165, 1.54) is 11.3 Å². The minimum Gasteiger partial charge on any atom is -0.493 e. The highest BCUT2D eigenvalue weighted by Gasteiger charge is 2.35. The van der Waals surface area contributed by atoms with E-state index in [-0.39, 0.29) is 5.91 Å². The van der Waals surface area contributed by atoms with Crippen molar-refractivity contribution in [1.29, 1.82) is 5.26 Å². The van der Waals surface area contributed by atoms with Crippen LogP contribution in [-0.2, 0) is 4.79 Å². The lowest BCUT2D eigenvalue weighted by Gasteiger charge is -2.17. The Morgan fingerprint density at radius 2 is 2.16 bits per heavy atom. The second-order valence-corrected chi connectivity index (χ2v) is 7.83. The van der Waals surface area contributed by atoms with Crippen LogP contribution in [0.2, 0.25) is 0 Å². The maximum absolute atomic E-state index is 12.1. The van der Waals surface area contributed by atoms with Gasteiger partial charge >= 0.3 is 0 Å². The van der Waals surface area contributed by atoms with Crippen LogP contribution in [0.1, 0.15) is 31.7 Å². The Morgan fingerprint density at radius 1 is 1.40 bits per heavy atom. The van der Waals surface area contributed by atoms with Crippen LogP contribution in [-0.4, -0.2) is 34.5 Å². The first-order chi connectivity index (χ1) is 12.2. The van der Waals surface area contributed by atoms with E-state index in [1.807, 2.05) is 6.92 Å². The van der Waals surface area contributed by atoms with E-state index in [1.54, 1.807) is 40.9 Å². The van der Waals surface area contributed by atoms with Crippen molar-refractivity contribution < 1.29 is 9.53 Å². The van der Waals surface area contributed by atoms with Gasteiger partial charge in [-0.1, -0.05) is 30.0 Å². The fraction of sp³-hybridized carbons (Fsp3) is 0.412. The number of rotatable bonds is 8. The molecule has 0 radical (unpaired) electrons. The zero-order valence-electron chi connectivity index (χ0n) is 13.8. The van der Waals surface area contributed by atoms with Gasteiger partial charge in [0.2, 0.25) is 11.0 Å². The Bertz CT molecular complexity index is 766. The first kappa shape index (κ1) is 17.7. The van der Waals surface area contributed by atoms with Crippen molar-refractivity contribution in [3.05, 3.63) is 29.8 Å². The minimum atomic E-state index is 0.111. The smallest absolute Gasteiger partial charge is 0.228 e. The van der Waals surface area contributed by atoms with E-state index in [0.717, 1.165) is 28.7 Å². The molecule has 1 aromatic heterocycles. The fourth-order valence-electron chi connectivity index (χ4n) is 2.24. The second kappa shape index (κ2) is 8.32. The van der Waals surface area contributed by atoms with E-state index >= 15 is 0 Å². The Morgan fingerprint density at radius 3 is 2.80 bits per heavy atom. The summed E-state index contributed by atoms with van der Waals surface area (Å²) in [4.78, 5) is 13.9. The predicted molar refractivity (Wildman–Crippen MR) is 98.1 cm³/mol. The average molecular weight is 374 g/mol. The van der Waals surface area contributed by atoms with E-state index in [9.17, 15) is 4.79 Å². The molecule has 0 aliphatic heterocycles. The highest BCUT2D eigenvalue weighted by atomic mass is 32.2. The van der Waals surface area contributed by atoms with Crippen molar-refractivity contribution in [2.45, 2.75) is 36.6 Å². The van der Waals surface area contributed by atoms with Crippen LogP contribution in [0.15, 0.2) is 28.6 Å². The van der Waals surface area contributed by atoms with Crippen molar-refractivity contribution in [3.8, 4) is 11.8 Å². The Hall–Kier alpha value is -2.11. The standard InChI is InChI=1S/C17H18N4O2S2/c1-2-15(22)21(13-5-6-13)16-19-20-17(25-16)24-10-9-23-14-7-3-12(11-18)4-8-14/h3-4,7-8,13H,2,5-6,9-10H2,1H3. The highest BCUT2D eigenvalue weighted by Crippen LogP contribution is 2.36. The van der Waals surface area contributed by atoms with Gasteiger partial charge in [-0.2, -0.15) is 5.26 Å². The Labute approximate surface area is 154 Å². The molecule has 0 unspecified atom stereocenters. The van der Waals surface area contributed by atoms with E-state index in [0.29, 0.717) is 29.8 Å². The summed E-state index contributed by atoms with van der Waals surface area (Å²) < 4.78 is 6.49. The zero-order valence-corrected chi connectivity index (χ0v) is 15.5. The number of ether oxygens (including phenoxy) is 1. The van der Waals surface area contributed by atoms with Gasteiger partial charge in [-0.05, 0) is 37.1 Å². The molecule has 1 aromatic carbocycles. The quantitative estimate of drug-likeness (QED) is 0.400. The molecule has 2 aromatic rings. The molecule has 1 aliphatic carbocycles. The van der Waals surface area contributed by atoms with Crippen LogP contribution >= 0.6 is 23.1 Å². The van der Waals surface area contributed by atoms with Gasteiger partial charge in [0, 0.05) is 18.2 Å². The molecular weight excluding hydrogens is 356 g/mol. The van der Waals surface area contributed by atoms with E-state index in [4.69, 9.17) is 10.00 Å². The summed E-state index contributed by atoms with van der Waals surface area (Å²) in [5.41, 5.74) is 0.616. The minimum absolute atomic E-state index is 0.111. The number of anilines is 1. The summed E-state index contributed by atoms with van der Waals surface area (Å²) in [5.74, 6) is 1.59. The number of carbonyl (C=O) groups is 1. The molecule has 25 heavy (non-hydrogen) atoms. The van der Waals surface area contributed by atoms with Gasteiger partial charge in [0.05, 0.1) is 18.2 Å². The SMILES string of the molecule is CCC(=O)N(c1nnc(SCCOc2ccc(C#N)cc2)s1)C1CC1. The molecule has 130 valence electrons. The van der Waals surface area contributed by atoms with Gasteiger partial charge in [-0.25, -0.2) is 0 Å². The molecule has 1 saturated carbocycles. The lowest BCUT2D eigenvalue weighted by Crippen LogP contribution is -2.32. The number of amides is 1. The number of hydrogen-bond acceptors (Lipinski definition) is 7. The third-order valence-electron chi connectivity index (χ3n) is 3.65. The van der Waals surface area contributed by atoms with Crippen molar-refractivity contribution in [3.63, 3.8) is 0 Å². The summed E-state index contributed by atoms with van der Waals surface area (Å²) in [6.45, 7) is 2.40. The van der Waals surface area contributed by atoms with Crippen LogP contribution < -0.4 is 9.64 Å². The largest absolute Gasteiger partial charge is 0.493 e. The van der Waals surface area contributed by atoms with Crippen LogP contribution in [0.4, 0.5) is 5.13 Å². The molecule has 0 atom stereocenters. The molecule has 1 amide bonds. The van der Waals surface area contributed by atoms with Gasteiger partial charge in [0.1, 0.15) is 5.75 Å². The molecule has 8 heteroatoms. The summed E-state index contributed by atoms with van der Waals surface area (Å²) >= 11 is 3.03. The second-order valence-electron chi connectivity index (χ2n) is 5.53. The summed E-state index contributed by atoms with van der Waals surface area (Å²) in [7, 11) is 0. The summed E-state index contributed by atoms with van der Waals surface area (Å²) in [6.07, 6.45) is 2.58. The van der Waals surface area contributed by atoms with Gasteiger partial charge in [0.25, 0.3) is 0 Å². The molecule has 1 aliphatic rings. The first-order valence-corrected chi connectivity index (χ1v) is 9.92. The van der Waals surface area contributed by atoms with Crippen LogP contribution in [0.25, 0.3) is 0 Å². The summed E-state index contributed by atoms with van der Waals surface area (Å²) in [5, 5.41) is 17.8. The first-order valence-electron chi connectivity index (χ1n) is 8.12. The number of thioether (sulfide) groups is 1. The molecule has 0 spiro atoms. The van der Waals surface area contributed by atoms with Crippen LogP contribution in [0.3, 0.4) is 0 Å². The Balaban J connectivity index is 1.48. The van der Waals surface area contributed by atoms with Gasteiger partial charge < -0.3 is 4.74 Å². The number of nitrogens with zero attached hydrogens (tertiary/aromatic N) is 4. The maximum atomic E-state index is 12.1. The molecular formula is C17H18N4O2S2. The molecule has 0 bridgehead atoms. The molecule has 0 saturated heterocycles. The fourth-order valence-corrected chi connectivity index (χ4v) is 4.06. The molecule has 6 nitrogen and oxygen atoms in total. The predicted octanol–water partition coefficient (Wildman–Crippen LogP) is 3.49. The van der Waals surface area contributed by atoms with Crippen molar-refractivity contribution in [1.82, 2.24) is 10.2 Å². The van der Waals surface area contributed by atoms with Crippen molar-refractivity contribution >= 4 is 34.1 Å². The lowest BCUT2D eigenvalue weighted by molar-refractivity contribution is -0.118. The maximum Gasteiger partial charge on any atom is 0.228 e.